The molecule has 0 aromatic carbocycles. The molecule has 20 heavy (non-hydrogen) atoms. The van der Waals surface area contributed by atoms with Crippen molar-refractivity contribution in [1.29, 1.82) is 0 Å². The molecule has 1 aliphatic rings. The highest BCUT2D eigenvalue weighted by Gasteiger charge is 2.24. The van der Waals surface area contributed by atoms with Gasteiger partial charge in [-0.3, -0.25) is 4.98 Å². The number of hydrogen-bond acceptors (Lipinski definition) is 5. The van der Waals surface area contributed by atoms with Gasteiger partial charge in [-0.05, 0) is 37.9 Å². The minimum absolute atomic E-state index is 0.426. The molecule has 106 valence electrons. The molecule has 1 atom stereocenters. The van der Waals surface area contributed by atoms with Gasteiger partial charge in [-0.25, -0.2) is 4.98 Å². The Morgan fingerprint density at radius 1 is 1.50 bits per heavy atom. The molecule has 0 saturated carbocycles. The van der Waals surface area contributed by atoms with Gasteiger partial charge in [0.05, 0.1) is 11.7 Å². The summed E-state index contributed by atoms with van der Waals surface area (Å²) in [7, 11) is 4.13. The van der Waals surface area contributed by atoms with Crippen LogP contribution < -0.4 is 10.2 Å². The third-order valence-corrected chi connectivity index (χ3v) is 5.01. The van der Waals surface area contributed by atoms with Crippen molar-refractivity contribution in [2.24, 2.45) is 0 Å². The molecule has 0 spiro atoms. The van der Waals surface area contributed by atoms with Crippen molar-refractivity contribution >= 4 is 16.5 Å². The van der Waals surface area contributed by atoms with E-state index in [0.29, 0.717) is 6.04 Å². The molecule has 0 amide bonds. The normalized spacial score (nSPS) is 17.8. The lowest BCUT2D eigenvalue weighted by Crippen LogP contribution is -2.21. The Balaban J connectivity index is 1.79. The maximum atomic E-state index is 4.86. The molecule has 0 saturated heterocycles. The van der Waals surface area contributed by atoms with E-state index in [9.17, 15) is 0 Å². The highest BCUT2D eigenvalue weighted by molar-refractivity contribution is 7.15. The summed E-state index contributed by atoms with van der Waals surface area (Å²) in [6, 6.07) is 4.51. The van der Waals surface area contributed by atoms with Crippen LogP contribution in [0.15, 0.2) is 24.5 Å². The fourth-order valence-corrected chi connectivity index (χ4v) is 3.81. The second-order valence-corrected chi connectivity index (χ2v) is 6.32. The van der Waals surface area contributed by atoms with Gasteiger partial charge < -0.3 is 10.2 Å². The van der Waals surface area contributed by atoms with Crippen molar-refractivity contribution < 1.29 is 0 Å². The lowest BCUT2D eigenvalue weighted by atomic mass is 9.98. The highest BCUT2D eigenvalue weighted by Crippen LogP contribution is 2.36. The maximum Gasteiger partial charge on any atom is 0.185 e. The summed E-state index contributed by atoms with van der Waals surface area (Å²) in [6.07, 6.45) is 7.35. The van der Waals surface area contributed by atoms with Gasteiger partial charge in [-0.2, -0.15) is 0 Å². The largest absolute Gasteiger partial charge is 0.347 e. The number of aromatic nitrogens is 2. The monoisotopic (exact) mass is 288 g/mol. The van der Waals surface area contributed by atoms with Gasteiger partial charge in [0.1, 0.15) is 0 Å². The van der Waals surface area contributed by atoms with Crippen LogP contribution >= 0.6 is 11.3 Å². The molecule has 0 radical (unpaired) electrons. The molecule has 4 nitrogen and oxygen atoms in total. The van der Waals surface area contributed by atoms with Gasteiger partial charge in [0, 0.05) is 30.9 Å². The number of nitrogens with zero attached hydrogens (tertiary/aromatic N) is 3. The molecule has 5 heteroatoms. The van der Waals surface area contributed by atoms with Crippen LogP contribution in [0.4, 0.5) is 5.13 Å². The summed E-state index contributed by atoms with van der Waals surface area (Å²) in [5, 5.41) is 4.49. The van der Waals surface area contributed by atoms with E-state index in [1.807, 2.05) is 36.8 Å². The highest BCUT2D eigenvalue weighted by atomic mass is 32.1. The quantitative estimate of drug-likeness (QED) is 0.939. The first-order chi connectivity index (χ1) is 9.78. The summed E-state index contributed by atoms with van der Waals surface area (Å²) in [6.45, 7) is 0.852. The van der Waals surface area contributed by atoms with E-state index in [0.717, 1.165) is 11.7 Å². The van der Waals surface area contributed by atoms with E-state index < -0.39 is 0 Å². The van der Waals surface area contributed by atoms with E-state index in [2.05, 4.69) is 28.3 Å². The lowest BCUT2D eigenvalue weighted by Gasteiger charge is -2.20. The summed E-state index contributed by atoms with van der Waals surface area (Å²) in [5.74, 6) is 0. The second kappa shape index (κ2) is 5.89. The zero-order valence-corrected chi connectivity index (χ0v) is 12.8. The van der Waals surface area contributed by atoms with E-state index in [-0.39, 0.29) is 0 Å². The van der Waals surface area contributed by atoms with Crippen molar-refractivity contribution in [2.45, 2.75) is 31.8 Å². The first-order valence-corrected chi connectivity index (χ1v) is 7.86. The Morgan fingerprint density at radius 3 is 3.15 bits per heavy atom. The number of hydrogen-bond donors (Lipinski definition) is 1. The minimum atomic E-state index is 0.426. The topological polar surface area (TPSA) is 41.0 Å². The second-order valence-electron chi connectivity index (χ2n) is 5.26. The van der Waals surface area contributed by atoms with E-state index >= 15 is 0 Å². The molecule has 0 fully saturated rings. The summed E-state index contributed by atoms with van der Waals surface area (Å²) >= 11 is 1.84. The first-order valence-electron chi connectivity index (χ1n) is 7.05. The Bertz CT molecular complexity index is 567. The van der Waals surface area contributed by atoms with Crippen molar-refractivity contribution in [3.05, 3.63) is 40.7 Å². The third kappa shape index (κ3) is 2.69. The number of fused-ring (bicyclic) bond motifs is 1. The van der Waals surface area contributed by atoms with E-state index in [1.165, 1.54) is 35.4 Å². The van der Waals surface area contributed by atoms with E-state index in [4.69, 9.17) is 4.98 Å². The summed E-state index contributed by atoms with van der Waals surface area (Å²) in [4.78, 5) is 12.7. The first kappa shape index (κ1) is 13.5. The van der Waals surface area contributed by atoms with Gasteiger partial charge in [0.25, 0.3) is 0 Å². The molecule has 1 N–H and O–H groups in total. The number of aryl methyl sites for hydroxylation is 1. The molecular weight excluding hydrogens is 268 g/mol. The number of pyridine rings is 1. The number of nitrogens with one attached hydrogen (secondary N) is 1. The summed E-state index contributed by atoms with van der Waals surface area (Å²) < 4.78 is 0. The van der Waals surface area contributed by atoms with Crippen molar-refractivity contribution in [3.8, 4) is 0 Å². The average Bonchev–Trinajstić information content (AvgIpc) is 2.92. The van der Waals surface area contributed by atoms with Gasteiger partial charge >= 0.3 is 0 Å². The molecule has 1 aliphatic carbocycles. The van der Waals surface area contributed by atoms with Crippen molar-refractivity contribution in [2.75, 3.05) is 19.0 Å². The molecule has 2 aromatic heterocycles. The Labute approximate surface area is 123 Å². The van der Waals surface area contributed by atoms with Crippen LogP contribution in [0.3, 0.4) is 0 Å². The predicted octanol–water partition coefficient (Wildman–Crippen LogP) is 2.77. The van der Waals surface area contributed by atoms with Gasteiger partial charge in [-0.1, -0.05) is 6.07 Å². The van der Waals surface area contributed by atoms with Crippen LogP contribution in [0.25, 0.3) is 0 Å². The number of anilines is 1. The SMILES string of the molecule is CNC1CCCc2sc(N(C)Cc3cccnc3)nc21. The van der Waals surface area contributed by atoms with Gasteiger partial charge in [0.2, 0.25) is 0 Å². The molecule has 3 rings (SSSR count). The van der Waals surface area contributed by atoms with Gasteiger partial charge in [0.15, 0.2) is 5.13 Å². The Morgan fingerprint density at radius 2 is 2.40 bits per heavy atom. The molecule has 0 aliphatic heterocycles. The Hall–Kier alpha value is -1.46. The van der Waals surface area contributed by atoms with Gasteiger partial charge in [-0.15, -0.1) is 11.3 Å². The van der Waals surface area contributed by atoms with Crippen molar-refractivity contribution in [3.63, 3.8) is 0 Å². The molecule has 0 bridgehead atoms. The number of rotatable bonds is 4. The molecule has 2 heterocycles. The summed E-state index contributed by atoms with van der Waals surface area (Å²) in [5.41, 5.74) is 2.48. The molecular formula is C15H20N4S. The average molecular weight is 288 g/mol. The van der Waals surface area contributed by atoms with Crippen LogP contribution in [-0.4, -0.2) is 24.1 Å². The van der Waals surface area contributed by atoms with Crippen LogP contribution in [0.2, 0.25) is 0 Å². The van der Waals surface area contributed by atoms with Crippen molar-refractivity contribution in [1.82, 2.24) is 15.3 Å². The van der Waals surface area contributed by atoms with Crippen LogP contribution in [0.5, 0.6) is 0 Å². The predicted molar refractivity (Wildman–Crippen MR) is 83.2 cm³/mol. The third-order valence-electron chi connectivity index (χ3n) is 3.76. The molecule has 2 aromatic rings. The fourth-order valence-electron chi connectivity index (χ4n) is 2.68. The Kier molecular flexibility index (Phi) is 3.98. The number of thiazole rings is 1. The standard InChI is InChI=1S/C15H20N4S/c1-16-12-6-3-7-13-14(12)18-15(20-13)19(2)10-11-5-4-8-17-9-11/h4-5,8-9,12,16H,3,6-7,10H2,1-2H3. The van der Waals surface area contributed by atoms with Crippen LogP contribution in [0, 0.1) is 0 Å². The zero-order valence-electron chi connectivity index (χ0n) is 12.0. The van der Waals surface area contributed by atoms with Crippen LogP contribution in [0.1, 0.15) is 35.0 Å². The maximum absolute atomic E-state index is 4.86. The zero-order chi connectivity index (χ0) is 13.9. The lowest BCUT2D eigenvalue weighted by molar-refractivity contribution is 0.490. The van der Waals surface area contributed by atoms with E-state index in [1.54, 1.807) is 0 Å². The minimum Gasteiger partial charge on any atom is -0.347 e. The fraction of sp³-hybridized carbons (Fsp3) is 0.467. The molecule has 1 unspecified atom stereocenters. The smallest absolute Gasteiger partial charge is 0.185 e. The van der Waals surface area contributed by atoms with Crippen LogP contribution in [-0.2, 0) is 13.0 Å².